The van der Waals surface area contributed by atoms with Crippen LogP contribution in [0.5, 0.6) is 0 Å². The highest BCUT2D eigenvalue weighted by Crippen LogP contribution is 2.24. The molecule has 1 saturated heterocycles. The molecule has 1 aromatic carbocycles. The summed E-state index contributed by atoms with van der Waals surface area (Å²) in [6, 6.07) is 8.84. The van der Waals surface area contributed by atoms with E-state index in [2.05, 4.69) is 57.9 Å². The van der Waals surface area contributed by atoms with Gasteiger partial charge in [-0.1, -0.05) is 31.2 Å². The first-order chi connectivity index (χ1) is 13.6. The lowest BCUT2D eigenvalue weighted by Crippen LogP contribution is -2.35. The van der Waals surface area contributed by atoms with Gasteiger partial charge in [0.05, 0.1) is 29.3 Å². The van der Waals surface area contributed by atoms with Crippen molar-refractivity contribution in [1.82, 2.24) is 29.4 Å². The number of imidazole rings is 1. The average Bonchev–Trinajstić information content (AvgIpc) is 3.28. The molecule has 0 radical (unpaired) electrons. The van der Waals surface area contributed by atoms with Crippen molar-refractivity contribution in [2.45, 2.75) is 52.2 Å². The van der Waals surface area contributed by atoms with E-state index in [0.29, 0.717) is 18.4 Å². The lowest BCUT2D eigenvalue weighted by Gasteiger charge is -2.31. The fraction of sp³-hybridized carbons (Fsp3) is 0.571. The van der Waals surface area contributed by atoms with Crippen LogP contribution in [-0.4, -0.2) is 54.2 Å². The lowest BCUT2D eigenvalue weighted by atomic mass is 10.1. The van der Waals surface area contributed by atoms with Crippen molar-refractivity contribution in [1.29, 1.82) is 0 Å². The number of hydrogen-bond donors (Lipinski definition) is 1. The fourth-order valence-corrected chi connectivity index (χ4v) is 4.08. The van der Waals surface area contributed by atoms with Crippen LogP contribution in [0.2, 0.25) is 0 Å². The molecule has 7 heteroatoms. The van der Waals surface area contributed by atoms with Gasteiger partial charge in [-0.25, -0.2) is 9.67 Å². The number of aliphatic hydroxyl groups excluding tert-OH is 1. The molecule has 28 heavy (non-hydrogen) atoms. The van der Waals surface area contributed by atoms with Gasteiger partial charge < -0.3 is 9.67 Å². The number of fused-ring (bicyclic) bond motifs is 1. The number of hydrogen-bond acceptors (Lipinski definition) is 5. The van der Waals surface area contributed by atoms with E-state index in [1.165, 1.54) is 11.3 Å². The van der Waals surface area contributed by atoms with Crippen molar-refractivity contribution >= 4 is 11.0 Å². The Bertz CT molecular complexity index is 907. The molecule has 1 fully saturated rings. The second-order valence-corrected chi connectivity index (χ2v) is 8.19. The molecule has 3 aromatic rings. The molecular formula is C21H30N6O. The SMILES string of the molecule is CC(C)Cn1c(CN2CCC(n3cc(CCO)nn3)CC2)nc2ccccc21. The molecule has 0 atom stereocenters. The maximum atomic E-state index is 9.05. The van der Waals surface area contributed by atoms with Gasteiger partial charge in [-0.05, 0) is 30.9 Å². The molecule has 0 bridgehead atoms. The molecule has 1 aliphatic heterocycles. The number of piperidine rings is 1. The maximum Gasteiger partial charge on any atom is 0.124 e. The van der Waals surface area contributed by atoms with E-state index in [4.69, 9.17) is 10.1 Å². The Morgan fingerprint density at radius 1 is 1.18 bits per heavy atom. The molecule has 0 amide bonds. The lowest BCUT2D eigenvalue weighted by molar-refractivity contribution is 0.167. The minimum atomic E-state index is 0.120. The van der Waals surface area contributed by atoms with E-state index < -0.39 is 0 Å². The maximum absolute atomic E-state index is 9.05. The smallest absolute Gasteiger partial charge is 0.124 e. The van der Waals surface area contributed by atoms with Crippen LogP contribution in [0.15, 0.2) is 30.5 Å². The first-order valence-corrected chi connectivity index (χ1v) is 10.3. The summed E-state index contributed by atoms with van der Waals surface area (Å²) in [7, 11) is 0. The molecule has 0 saturated carbocycles. The number of aromatic nitrogens is 5. The molecule has 2 aromatic heterocycles. The largest absolute Gasteiger partial charge is 0.396 e. The second kappa shape index (κ2) is 8.41. The van der Waals surface area contributed by atoms with Gasteiger partial charge in [0.1, 0.15) is 5.82 Å². The molecule has 1 N–H and O–H groups in total. The highest BCUT2D eigenvalue weighted by Gasteiger charge is 2.23. The van der Waals surface area contributed by atoms with Crippen LogP contribution in [-0.2, 0) is 19.5 Å². The van der Waals surface area contributed by atoms with Crippen molar-refractivity contribution in [2.24, 2.45) is 5.92 Å². The van der Waals surface area contributed by atoms with Gasteiger partial charge in [0.2, 0.25) is 0 Å². The number of benzene rings is 1. The molecule has 0 aliphatic carbocycles. The quantitative estimate of drug-likeness (QED) is 0.680. The number of para-hydroxylation sites is 2. The summed E-state index contributed by atoms with van der Waals surface area (Å²) in [4.78, 5) is 7.43. The third kappa shape index (κ3) is 4.10. The van der Waals surface area contributed by atoms with Crippen molar-refractivity contribution in [3.05, 3.63) is 42.0 Å². The van der Waals surface area contributed by atoms with Crippen LogP contribution in [0.4, 0.5) is 0 Å². The van der Waals surface area contributed by atoms with E-state index in [-0.39, 0.29) is 6.61 Å². The predicted molar refractivity (Wildman–Crippen MR) is 109 cm³/mol. The minimum Gasteiger partial charge on any atom is -0.396 e. The van der Waals surface area contributed by atoms with Crippen molar-refractivity contribution in [2.75, 3.05) is 19.7 Å². The van der Waals surface area contributed by atoms with E-state index in [1.54, 1.807) is 0 Å². The Labute approximate surface area is 166 Å². The van der Waals surface area contributed by atoms with Crippen LogP contribution < -0.4 is 0 Å². The van der Waals surface area contributed by atoms with Gasteiger partial charge in [-0.2, -0.15) is 0 Å². The van der Waals surface area contributed by atoms with Gasteiger partial charge in [0, 0.05) is 38.9 Å². The summed E-state index contributed by atoms with van der Waals surface area (Å²) in [5.41, 5.74) is 3.19. The molecule has 3 heterocycles. The predicted octanol–water partition coefficient (Wildman–Crippen LogP) is 2.66. The third-order valence-corrected chi connectivity index (χ3v) is 5.50. The summed E-state index contributed by atoms with van der Waals surface area (Å²) >= 11 is 0. The Kier molecular flexibility index (Phi) is 5.73. The summed E-state index contributed by atoms with van der Waals surface area (Å²) in [6.07, 6.45) is 4.68. The minimum absolute atomic E-state index is 0.120. The number of rotatable bonds is 7. The van der Waals surface area contributed by atoms with Crippen molar-refractivity contribution in [3.63, 3.8) is 0 Å². The van der Waals surface area contributed by atoms with Gasteiger partial charge in [0.25, 0.3) is 0 Å². The Morgan fingerprint density at radius 3 is 2.71 bits per heavy atom. The van der Waals surface area contributed by atoms with E-state index in [9.17, 15) is 0 Å². The zero-order chi connectivity index (χ0) is 19.5. The Morgan fingerprint density at radius 2 is 1.96 bits per heavy atom. The van der Waals surface area contributed by atoms with E-state index in [0.717, 1.165) is 50.2 Å². The van der Waals surface area contributed by atoms with Gasteiger partial charge in [-0.3, -0.25) is 4.90 Å². The van der Waals surface area contributed by atoms with E-state index in [1.807, 2.05) is 10.9 Å². The van der Waals surface area contributed by atoms with Crippen LogP contribution >= 0.6 is 0 Å². The third-order valence-electron chi connectivity index (χ3n) is 5.50. The zero-order valence-electron chi connectivity index (χ0n) is 16.8. The Balaban J connectivity index is 1.43. The van der Waals surface area contributed by atoms with Crippen LogP contribution in [0.25, 0.3) is 11.0 Å². The summed E-state index contributed by atoms with van der Waals surface area (Å²) < 4.78 is 4.38. The molecule has 150 valence electrons. The summed E-state index contributed by atoms with van der Waals surface area (Å²) in [6.45, 7) is 8.59. The van der Waals surface area contributed by atoms with Crippen molar-refractivity contribution in [3.8, 4) is 0 Å². The molecule has 4 rings (SSSR count). The highest BCUT2D eigenvalue weighted by molar-refractivity contribution is 5.75. The van der Waals surface area contributed by atoms with Gasteiger partial charge in [0.15, 0.2) is 0 Å². The molecule has 0 spiro atoms. The highest BCUT2D eigenvalue weighted by atomic mass is 16.3. The first kappa shape index (κ1) is 19.1. The second-order valence-electron chi connectivity index (χ2n) is 8.19. The summed E-state index contributed by atoms with van der Waals surface area (Å²) in [5.74, 6) is 1.75. The topological polar surface area (TPSA) is 72.0 Å². The van der Waals surface area contributed by atoms with Crippen LogP contribution in [0.1, 0.15) is 44.2 Å². The van der Waals surface area contributed by atoms with Crippen LogP contribution in [0.3, 0.4) is 0 Å². The number of likely N-dealkylation sites (tertiary alicyclic amines) is 1. The van der Waals surface area contributed by atoms with Gasteiger partial charge in [-0.15, -0.1) is 5.10 Å². The van der Waals surface area contributed by atoms with Crippen LogP contribution in [0, 0.1) is 5.92 Å². The zero-order valence-corrected chi connectivity index (χ0v) is 16.8. The molecule has 7 nitrogen and oxygen atoms in total. The first-order valence-electron chi connectivity index (χ1n) is 10.3. The standard InChI is InChI=1S/C21H30N6O/c1-16(2)13-26-20-6-4-3-5-19(20)22-21(26)15-25-10-7-18(8-11-25)27-14-17(9-12-28)23-24-27/h3-6,14,16,18,28H,7-13,15H2,1-2H3. The normalized spacial score (nSPS) is 16.4. The average molecular weight is 383 g/mol. The molecule has 0 unspecified atom stereocenters. The monoisotopic (exact) mass is 382 g/mol. The van der Waals surface area contributed by atoms with Gasteiger partial charge >= 0.3 is 0 Å². The van der Waals surface area contributed by atoms with E-state index >= 15 is 0 Å². The molecule has 1 aliphatic rings. The summed E-state index contributed by atoms with van der Waals surface area (Å²) in [5, 5.41) is 17.5. The van der Waals surface area contributed by atoms with Crippen molar-refractivity contribution < 1.29 is 5.11 Å². The number of nitrogens with zero attached hydrogens (tertiary/aromatic N) is 6. The number of aliphatic hydroxyl groups is 1. The molecular weight excluding hydrogens is 352 g/mol. The Hall–Kier alpha value is -2.25. The fourth-order valence-electron chi connectivity index (χ4n) is 4.08.